The van der Waals surface area contributed by atoms with Crippen molar-refractivity contribution in [3.63, 3.8) is 0 Å². The average molecular weight is 519 g/mol. The van der Waals surface area contributed by atoms with Crippen LogP contribution < -0.4 is 29.2 Å². The van der Waals surface area contributed by atoms with E-state index in [0.717, 1.165) is 17.7 Å². The Balaban J connectivity index is 1.79. The van der Waals surface area contributed by atoms with E-state index in [-0.39, 0.29) is 18.2 Å². The number of rotatable bonds is 9. The third-order valence-corrected chi connectivity index (χ3v) is 6.95. The molecular formula is C30H34N2O6. The zero-order chi connectivity index (χ0) is 27.2. The van der Waals surface area contributed by atoms with Gasteiger partial charge in [0.25, 0.3) is 0 Å². The summed E-state index contributed by atoms with van der Waals surface area (Å²) in [6.07, 6.45) is 1.55. The van der Waals surface area contributed by atoms with Crippen LogP contribution in [0.3, 0.4) is 0 Å². The lowest BCUT2D eigenvalue weighted by Gasteiger charge is -2.41. The first-order valence-electron chi connectivity index (χ1n) is 12.6. The van der Waals surface area contributed by atoms with Gasteiger partial charge in [0.1, 0.15) is 5.75 Å². The Morgan fingerprint density at radius 3 is 2.05 bits per heavy atom. The Morgan fingerprint density at radius 1 is 0.895 bits per heavy atom. The molecule has 2 amide bonds. The van der Waals surface area contributed by atoms with Crippen LogP contribution in [0.2, 0.25) is 0 Å². The summed E-state index contributed by atoms with van der Waals surface area (Å²) < 4.78 is 21.9. The summed E-state index contributed by atoms with van der Waals surface area (Å²) in [4.78, 5) is 28.9. The van der Waals surface area contributed by atoms with Crippen molar-refractivity contribution < 1.29 is 28.5 Å². The summed E-state index contributed by atoms with van der Waals surface area (Å²) in [5.74, 6) is 1.19. The second-order valence-corrected chi connectivity index (χ2v) is 9.05. The van der Waals surface area contributed by atoms with Crippen molar-refractivity contribution in [3.05, 3.63) is 71.8 Å². The topological polar surface area (TPSA) is 86.3 Å². The number of hydrogen-bond donors (Lipinski definition) is 1. The van der Waals surface area contributed by atoms with E-state index >= 15 is 0 Å². The van der Waals surface area contributed by atoms with E-state index in [0.29, 0.717) is 35.1 Å². The fourth-order valence-electron chi connectivity index (χ4n) is 4.92. The highest BCUT2D eigenvalue weighted by molar-refractivity contribution is 6.00. The zero-order valence-corrected chi connectivity index (χ0v) is 22.4. The predicted octanol–water partition coefficient (Wildman–Crippen LogP) is 5.41. The molecule has 1 heterocycles. The van der Waals surface area contributed by atoms with Crippen LogP contribution in [0, 0.1) is 5.92 Å². The fraction of sp³-hybridized carbons (Fsp3) is 0.333. The molecule has 0 aliphatic carbocycles. The molecule has 1 saturated heterocycles. The molecule has 2 atom stereocenters. The lowest BCUT2D eigenvalue weighted by atomic mass is 9.83. The molecule has 3 aromatic rings. The van der Waals surface area contributed by atoms with Crippen molar-refractivity contribution in [2.24, 2.45) is 5.92 Å². The maximum atomic E-state index is 13.7. The smallest absolute Gasteiger partial charge is 0.229 e. The first-order valence-corrected chi connectivity index (χ1v) is 12.6. The normalized spacial score (nSPS) is 17.1. The van der Waals surface area contributed by atoms with Crippen molar-refractivity contribution in [2.45, 2.75) is 32.2 Å². The van der Waals surface area contributed by atoms with Crippen LogP contribution in [0.4, 0.5) is 11.4 Å². The minimum Gasteiger partial charge on any atom is -0.497 e. The molecule has 8 heteroatoms. The molecule has 8 nitrogen and oxygen atoms in total. The van der Waals surface area contributed by atoms with Gasteiger partial charge in [-0.05, 0) is 48.2 Å². The SMILES string of the molecule is CCc1ccc(NC(=O)[C@@H]2CCC(=O)N(c3cc(OC)c(OC)c(OC)c3)[C@@H]2c2ccc(OC)cc2)cc1. The van der Waals surface area contributed by atoms with E-state index in [4.69, 9.17) is 18.9 Å². The summed E-state index contributed by atoms with van der Waals surface area (Å²) in [5, 5.41) is 3.06. The Labute approximate surface area is 223 Å². The van der Waals surface area contributed by atoms with Gasteiger partial charge in [-0.15, -0.1) is 0 Å². The monoisotopic (exact) mass is 518 g/mol. The summed E-state index contributed by atoms with van der Waals surface area (Å²) in [6, 6.07) is 18.2. The number of carbonyl (C=O) groups excluding carboxylic acids is 2. The van der Waals surface area contributed by atoms with Crippen LogP contribution in [-0.2, 0) is 16.0 Å². The summed E-state index contributed by atoms with van der Waals surface area (Å²) in [5.41, 5.74) is 3.28. The molecule has 38 heavy (non-hydrogen) atoms. The van der Waals surface area contributed by atoms with Gasteiger partial charge in [0, 0.05) is 24.2 Å². The van der Waals surface area contributed by atoms with Gasteiger partial charge in [0.2, 0.25) is 17.6 Å². The van der Waals surface area contributed by atoms with Crippen LogP contribution in [0.15, 0.2) is 60.7 Å². The first kappa shape index (κ1) is 26.9. The number of methoxy groups -OCH3 is 4. The number of benzene rings is 3. The second kappa shape index (κ2) is 11.9. The Morgan fingerprint density at radius 2 is 1.53 bits per heavy atom. The minimum absolute atomic E-state index is 0.101. The van der Waals surface area contributed by atoms with E-state index in [2.05, 4.69) is 12.2 Å². The third kappa shape index (κ3) is 5.39. The molecule has 1 aliphatic heterocycles. The molecule has 4 rings (SSSR count). The molecule has 1 fully saturated rings. The molecule has 0 radical (unpaired) electrons. The fourth-order valence-corrected chi connectivity index (χ4v) is 4.92. The molecule has 0 aromatic heterocycles. The maximum Gasteiger partial charge on any atom is 0.229 e. The van der Waals surface area contributed by atoms with Gasteiger partial charge in [-0.3, -0.25) is 9.59 Å². The van der Waals surface area contributed by atoms with E-state index in [9.17, 15) is 9.59 Å². The van der Waals surface area contributed by atoms with Crippen LogP contribution in [0.5, 0.6) is 23.0 Å². The quantitative estimate of drug-likeness (QED) is 0.408. The van der Waals surface area contributed by atoms with Gasteiger partial charge < -0.3 is 29.2 Å². The number of ether oxygens (including phenoxy) is 4. The number of piperidine rings is 1. The molecule has 0 saturated carbocycles. The van der Waals surface area contributed by atoms with Crippen LogP contribution >= 0.6 is 0 Å². The Hall–Kier alpha value is -4.20. The molecule has 1 N–H and O–H groups in total. The number of nitrogens with zero attached hydrogens (tertiary/aromatic N) is 1. The second-order valence-electron chi connectivity index (χ2n) is 9.05. The molecule has 3 aromatic carbocycles. The van der Waals surface area contributed by atoms with E-state index in [1.807, 2.05) is 48.5 Å². The summed E-state index contributed by atoms with van der Waals surface area (Å²) in [7, 11) is 6.18. The zero-order valence-electron chi connectivity index (χ0n) is 22.4. The number of aryl methyl sites for hydroxylation is 1. The minimum atomic E-state index is -0.570. The van der Waals surface area contributed by atoms with E-state index < -0.39 is 12.0 Å². The number of hydrogen-bond acceptors (Lipinski definition) is 6. The van der Waals surface area contributed by atoms with Crippen molar-refractivity contribution in [2.75, 3.05) is 38.7 Å². The van der Waals surface area contributed by atoms with E-state index in [1.54, 1.807) is 24.1 Å². The molecular weight excluding hydrogens is 484 g/mol. The standard InChI is InChI=1S/C30H34N2O6/c1-6-19-7-11-21(12-8-19)31-30(34)24-15-16-27(33)32(28(24)20-9-13-23(35-2)14-10-20)22-17-25(36-3)29(38-5)26(18-22)37-4/h7-14,17-18,24,28H,6,15-16H2,1-5H3,(H,31,34)/t24-,28-/m1/s1. The predicted molar refractivity (Wildman–Crippen MR) is 146 cm³/mol. The summed E-state index contributed by atoms with van der Waals surface area (Å²) >= 11 is 0. The molecule has 200 valence electrons. The third-order valence-electron chi connectivity index (χ3n) is 6.95. The lowest BCUT2D eigenvalue weighted by Crippen LogP contribution is -2.47. The van der Waals surface area contributed by atoms with Gasteiger partial charge in [-0.2, -0.15) is 0 Å². The van der Waals surface area contributed by atoms with Crippen molar-refractivity contribution in [3.8, 4) is 23.0 Å². The maximum absolute atomic E-state index is 13.7. The van der Waals surface area contributed by atoms with Gasteiger partial charge in [-0.25, -0.2) is 0 Å². The number of nitrogens with one attached hydrogen (secondary N) is 1. The van der Waals surface area contributed by atoms with Gasteiger partial charge in [-0.1, -0.05) is 31.2 Å². The van der Waals surface area contributed by atoms with Crippen LogP contribution in [-0.4, -0.2) is 40.3 Å². The van der Waals surface area contributed by atoms with Gasteiger partial charge >= 0.3 is 0 Å². The van der Waals surface area contributed by atoms with Gasteiger partial charge in [0.05, 0.1) is 46.1 Å². The highest BCUT2D eigenvalue weighted by atomic mass is 16.5. The molecule has 0 spiro atoms. The average Bonchev–Trinajstić information content (AvgIpc) is 2.96. The first-order chi connectivity index (χ1) is 18.4. The van der Waals surface area contributed by atoms with Crippen molar-refractivity contribution >= 4 is 23.2 Å². The number of amides is 2. The van der Waals surface area contributed by atoms with Crippen LogP contribution in [0.25, 0.3) is 0 Å². The molecule has 0 unspecified atom stereocenters. The lowest BCUT2D eigenvalue weighted by molar-refractivity contribution is -0.125. The van der Waals surface area contributed by atoms with Crippen molar-refractivity contribution in [1.82, 2.24) is 0 Å². The molecule has 0 bridgehead atoms. The van der Waals surface area contributed by atoms with E-state index in [1.165, 1.54) is 26.9 Å². The van der Waals surface area contributed by atoms with Crippen molar-refractivity contribution in [1.29, 1.82) is 0 Å². The van der Waals surface area contributed by atoms with Gasteiger partial charge in [0.15, 0.2) is 11.5 Å². The largest absolute Gasteiger partial charge is 0.497 e. The number of carbonyl (C=O) groups is 2. The Kier molecular flexibility index (Phi) is 8.41. The number of anilines is 2. The highest BCUT2D eigenvalue weighted by Gasteiger charge is 2.42. The van der Waals surface area contributed by atoms with Crippen LogP contribution in [0.1, 0.15) is 36.9 Å². The highest BCUT2D eigenvalue weighted by Crippen LogP contribution is 2.46. The summed E-state index contributed by atoms with van der Waals surface area (Å²) in [6.45, 7) is 2.09. The molecule has 1 aliphatic rings. The Bertz CT molecular complexity index is 1250.